The quantitative estimate of drug-likeness (QED) is 0.498. The monoisotopic (exact) mass is 294 g/mol. The highest BCUT2D eigenvalue weighted by atomic mass is 32.1. The van der Waals surface area contributed by atoms with Gasteiger partial charge in [0.05, 0.1) is 10.7 Å². The van der Waals surface area contributed by atoms with Gasteiger partial charge in [-0.3, -0.25) is 4.99 Å². The lowest BCUT2D eigenvalue weighted by molar-refractivity contribution is 0.530. The maximum absolute atomic E-state index is 5.97. The number of hydrogen-bond donors (Lipinski definition) is 2. The first-order valence-corrected chi connectivity index (χ1v) is 8.65. The second kappa shape index (κ2) is 8.25. The van der Waals surface area contributed by atoms with E-state index in [1.807, 2.05) is 0 Å². The van der Waals surface area contributed by atoms with Crippen LogP contribution in [0, 0.1) is 0 Å². The van der Waals surface area contributed by atoms with Crippen LogP contribution in [0.3, 0.4) is 0 Å². The van der Waals surface area contributed by atoms with Crippen LogP contribution in [0.15, 0.2) is 10.4 Å². The van der Waals surface area contributed by atoms with Crippen LogP contribution in [0.1, 0.15) is 56.2 Å². The van der Waals surface area contributed by atoms with Crippen molar-refractivity contribution in [2.45, 2.75) is 64.3 Å². The lowest BCUT2D eigenvalue weighted by atomic mass is 10.1. The minimum absolute atomic E-state index is 0.521. The normalized spacial score (nSPS) is 17.9. The summed E-state index contributed by atoms with van der Waals surface area (Å²) in [5, 5.41) is 6.70. The molecule has 0 amide bonds. The molecule has 112 valence electrons. The smallest absolute Gasteiger partial charge is 0.188 e. The van der Waals surface area contributed by atoms with Crippen molar-refractivity contribution in [1.82, 2.24) is 10.3 Å². The summed E-state index contributed by atoms with van der Waals surface area (Å²) in [4.78, 5) is 8.97. The van der Waals surface area contributed by atoms with Crippen LogP contribution in [-0.4, -0.2) is 23.5 Å². The second-order valence-corrected chi connectivity index (χ2v) is 6.38. The minimum Gasteiger partial charge on any atom is -0.370 e. The molecule has 1 aromatic rings. The van der Waals surface area contributed by atoms with E-state index in [4.69, 9.17) is 5.73 Å². The van der Waals surface area contributed by atoms with Gasteiger partial charge in [0.1, 0.15) is 0 Å². The van der Waals surface area contributed by atoms with Crippen molar-refractivity contribution in [3.05, 3.63) is 16.1 Å². The fourth-order valence-corrected chi connectivity index (χ4v) is 3.37. The first kappa shape index (κ1) is 15.3. The Morgan fingerprint density at radius 3 is 2.80 bits per heavy atom. The number of nitrogens with zero attached hydrogens (tertiary/aromatic N) is 2. The van der Waals surface area contributed by atoms with Crippen molar-refractivity contribution in [3.63, 3.8) is 0 Å². The van der Waals surface area contributed by atoms with E-state index in [1.165, 1.54) is 43.5 Å². The van der Waals surface area contributed by atoms with E-state index in [2.05, 4.69) is 27.6 Å². The Hall–Kier alpha value is -1.10. The van der Waals surface area contributed by atoms with Crippen molar-refractivity contribution < 1.29 is 0 Å². The van der Waals surface area contributed by atoms with Gasteiger partial charge in [-0.1, -0.05) is 32.6 Å². The molecule has 5 heteroatoms. The SMILES string of the molecule is CCc1nc(CCN=C(N)NC2CCCCCC2)cs1. The van der Waals surface area contributed by atoms with Gasteiger partial charge < -0.3 is 11.1 Å². The predicted octanol–water partition coefficient (Wildman–Crippen LogP) is 2.88. The third kappa shape index (κ3) is 5.12. The average molecular weight is 294 g/mol. The van der Waals surface area contributed by atoms with Crippen molar-refractivity contribution in [2.24, 2.45) is 10.7 Å². The third-order valence-corrected chi connectivity index (χ3v) is 4.80. The molecule has 0 saturated heterocycles. The summed E-state index contributed by atoms with van der Waals surface area (Å²) < 4.78 is 0. The van der Waals surface area contributed by atoms with E-state index < -0.39 is 0 Å². The molecular weight excluding hydrogens is 268 g/mol. The van der Waals surface area contributed by atoms with Crippen LogP contribution < -0.4 is 11.1 Å². The van der Waals surface area contributed by atoms with Gasteiger partial charge >= 0.3 is 0 Å². The highest BCUT2D eigenvalue weighted by Crippen LogP contribution is 2.17. The number of guanidine groups is 1. The molecule has 4 nitrogen and oxygen atoms in total. The molecule has 3 N–H and O–H groups in total. The number of nitrogens with two attached hydrogens (primary N) is 1. The molecule has 20 heavy (non-hydrogen) atoms. The fraction of sp³-hybridized carbons (Fsp3) is 0.733. The molecular formula is C15H26N4S. The number of aryl methyl sites for hydroxylation is 1. The molecule has 0 aromatic carbocycles. The summed E-state index contributed by atoms with van der Waals surface area (Å²) in [6.07, 6.45) is 9.68. The number of hydrogen-bond acceptors (Lipinski definition) is 3. The summed E-state index contributed by atoms with van der Waals surface area (Å²) in [5.74, 6) is 0.600. The zero-order chi connectivity index (χ0) is 14.2. The molecule has 1 saturated carbocycles. The molecule has 0 aliphatic heterocycles. The second-order valence-electron chi connectivity index (χ2n) is 5.44. The maximum Gasteiger partial charge on any atom is 0.188 e. The molecule has 1 aliphatic rings. The molecule has 0 atom stereocenters. The van der Waals surface area contributed by atoms with Gasteiger partial charge in [-0.15, -0.1) is 11.3 Å². The predicted molar refractivity (Wildman–Crippen MR) is 86.3 cm³/mol. The summed E-state index contributed by atoms with van der Waals surface area (Å²) in [6.45, 7) is 2.86. The van der Waals surface area contributed by atoms with Crippen molar-refractivity contribution >= 4 is 17.3 Å². The van der Waals surface area contributed by atoms with E-state index >= 15 is 0 Å². The Labute approximate surface area is 125 Å². The van der Waals surface area contributed by atoms with Crippen LogP contribution in [0.25, 0.3) is 0 Å². The molecule has 0 spiro atoms. The van der Waals surface area contributed by atoms with Crippen molar-refractivity contribution in [1.29, 1.82) is 0 Å². The molecule has 0 radical (unpaired) electrons. The third-order valence-electron chi connectivity index (χ3n) is 3.76. The van der Waals surface area contributed by atoms with Gasteiger partial charge in [0.2, 0.25) is 0 Å². The average Bonchev–Trinajstić information content (AvgIpc) is 2.75. The van der Waals surface area contributed by atoms with E-state index in [0.717, 1.165) is 25.1 Å². The molecule has 1 aromatic heterocycles. The molecule has 2 rings (SSSR count). The van der Waals surface area contributed by atoms with Crippen LogP contribution in [0.4, 0.5) is 0 Å². The Bertz CT molecular complexity index is 419. The number of nitrogens with one attached hydrogen (secondary N) is 1. The molecule has 1 aliphatic carbocycles. The lowest BCUT2D eigenvalue weighted by Gasteiger charge is -2.16. The minimum atomic E-state index is 0.521. The van der Waals surface area contributed by atoms with E-state index in [1.54, 1.807) is 11.3 Å². The zero-order valence-electron chi connectivity index (χ0n) is 12.4. The summed E-state index contributed by atoms with van der Waals surface area (Å²) in [5.41, 5.74) is 7.11. The Kier molecular flexibility index (Phi) is 6.30. The number of aliphatic imine (C=N–C) groups is 1. The van der Waals surface area contributed by atoms with E-state index in [0.29, 0.717) is 12.0 Å². The van der Waals surface area contributed by atoms with Gasteiger partial charge in [0, 0.05) is 24.4 Å². The standard InChI is InChI=1S/C15H26N4S/c1-2-14-18-13(11-20-14)9-10-17-15(16)19-12-7-5-3-4-6-8-12/h11-12H,2-10H2,1H3,(H3,16,17,19). The Balaban J connectivity index is 1.72. The van der Waals surface area contributed by atoms with Gasteiger partial charge in [0.25, 0.3) is 0 Å². The number of aromatic nitrogens is 1. The maximum atomic E-state index is 5.97. The molecule has 1 fully saturated rings. The van der Waals surface area contributed by atoms with Crippen LogP contribution in [-0.2, 0) is 12.8 Å². The fourth-order valence-electron chi connectivity index (χ4n) is 2.60. The first-order valence-electron chi connectivity index (χ1n) is 7.77. The highest BCUT2D eigenvalue weighted by molar-refractivity contribution is 7.09. The van der Waals surface area contributed by atoms with Crippen LogP contribution >= 0.6 is 11.3 Å². The molecule has 0 unspecified atom stereocenters. The summed E-state index contributed by atoms with van der Waals surface area (Å²) in [6, 6.07) is 0.521. The number of rotatable bonds is 5. The lowest BCUT2D eigenvalue weighted by Crippen LogP contribution is -2.40. The van der Waals surface area contributed by atoms with Crippen molar-refractivity contribution in [3.8, 4) is 0 Å². The van der Waals surface area contributed by atoms with Crippen molar-refractivity contribution in [2.75, 3.05) is 6.54 Å². The van der Waals surface area contributed by atoms with Gasteiger partial charge in [0.15, 0.2) is 5.96 Å². The van der Waals surface area contributed by atoms with Gasteiger partial charge in [-0.05, 0) is 19.3 Å². The summed E-state index contributed by atoms with van der Waals surface area (Å²) >= 11 is 1.73. The zero-order valence-corrected chi connectivity index (χ0v) is 13.2. The first-order chi connectivity index (χ1) is 9.78. The van der Waals surface area contributed by atoms with Crippen LogP contribution in [0.2, 0.25) is 0 Å². The Morgan fingerprint density at radius 2 is 2.15 bits per heavy atom. The van der Waals surface area contributed by atoms with Gasteiger partial charge in [-0.25, -0.2) is 4.98 Å². The van der Waals surface area contributed by atoms with Gasteiger partial charge in [-0.2, -0.15) is 0 Å². The number of thiazole rings is 1. The van der Waals surface area contributed by atoms with E-state index in [-0.39, 0.29) is 0 Å². The molecule has 0 bridgehead atoms. The highest BCUT2D eigenvalue weighted by Gasteiger charge is 2.12. The summed E-state index contributed by atoms with van der Waals surface area (Å²) in [7, 11) is 0. The molecule has 1 heterocycles. The van der Waals surface area contributed by atoms with E-state index in [9.17, 15) is 0 Å². The Morgan fingerprint density at radius 1 is 1.40 bits per heavy atom. The topological polar surface area (TPSA) is 63.3 Å². The largest absolute Gasteiger partial charge is 0.370 e. The van der Waals surface area contributed by atoms with Crippen LogP contribution in [0.5, 0.6) is 0 Å².